The Hall–Kier alpha value is -4.47. The van der Waals surface area contributed by atoms with E-state index in [4.69, 9.17) is 9.26 Å². The van der Waals surface area contributed by atoms with Crippen LogP contribution in [0, 0.1) is 6.92 Å². The maximum Gasteiger partial charge on any atom is 0.338 e. The van der Waals surface area contributed by atoms with E-state index in [0.717, 1.165) is 21.9 Å². The second-order valence-electron chi connectivity index (χ2n) is 8.80. The second kappa shape index (κ2) is 9.29. The molecule has 184 valence electrons. The third-order valence-electron chi connectivity index (χ3n) is 5.92. The average Bonchev–Trinajstić information content (AvgIpc) is 3.40. The first-order chi connectivity index (χ1) is 17.3. The Kier molecular flexibility index (Phi) is 6.01. The number of aryl methyl sites for hydroxylation is 2. The fraction of sp³-hybridized carbons (Fsp3) is 0.269. The van der Waals surface area contributed by atoms with E-state index in [-0.39, 0.29) is 11.7 Å². The topological polar surface area (TPSA) is 117 Å². The number of aromatic nitrogens is 5. The van der Waals surface area contributed by atoms with Crippen LogP contribution in [0.3, 0.4) is 0 Å². The molecule has 0 saturated carbocycles. The van der Waals surface area contributed by atoms with Gasteiger partial charge in [-0.25, -0.2) is 14.5 Å². The van der Waals surface area contributed by atoms with Gasteiger partial charge in [0.25, 0.3) is 5.56 Å². The number of pyridine rings is 1. The normalized spacial score (nSPS) is 11.5. The van der Waals surface area contributed by atoms with Gasteiger partial charge in [0, 0.05) is 37.7 Å². The maximum absolute atomic E-state index is 13.1. The third-order valence-corrected chi connectivity index (χ3v) is 5.92. The largest absolute Gasteiger partial charge is 0.459 e. The maximum atomic E-state index is 13.1. The first-order valence-corrected chi connectivity index (χ1v) is 11.7. The van der Waals surface area contributed by atoms with Gasteiger partial charge in [0.05, 0.1) is 29.1 Å². The zero-order valence-corrected chi connectivity index (χ0v) is 20.5. The highest BCUT2D eigenvalue weighted by Crippen LogP contribution is 2.26. The summed E-state index contributed by atoms with van der Waals surface area (Å²) in [4.78, 5) is 34.2. The highest BCUT2D eigenvalue weighted by atomic mass is 16.5. The highest BCUT2D eigenvalue weighted by Gasteiger charge is 2.16. The highest BCUT2D eigenvalue weighted by molar-refractivity contribution is 5.95. The first kappa shape index (κ1) is 23.3. The van der Waals surface area contributed by atoms with E-state index in [0.29, 0.717) is 41.6 Å². The molecule has 0 fully saturated rings. The zero-order valence-electron chi connectivity index (χ0n) is 20.5. The van der Waals surface area contributed by atoms with Crippen LogP contribution in [0.25, 0.3) is 33.1 Å². The summed E-state index contributed by atoms with van der Waals surface area (Å²) in [7, 11) is 1.82. The molecule has 2 aromatic carbocycles. The summed E-state index contributed by atoms with van der Waals surface area (Å²) in [6.45, 7) is 6.19. The Labute approximate surface area is 206 Å². The number of fused-ring (bicyclic) bond motifs is 2. The minimum absolute atomic E-state index is 0.172. The van der Waals surface area contributed by atoms with Crippen LogP contribution >= 0.6 is 0 Å². The fourth-order valence-corrected chi connectivity index (χ4v) is 4.20. The summed E-state index contributed by atoms with van der Waals surface area (Å²) in [6, 6.07) is 12.9. The lowest BCUT2D eigenvalue weighted by atomic mass is 10.1. The van der Waals surface area contributed by atoms with E-state index >= 15 is 0 Å². The molecule has 36 heavy (non-hydrogen) atoms. The van der Waals surface area contributed by atoms with Crippen LogP contribution in [0.1, 0.15) is 30.1 Å². The molecule has 10 heteroatoms. The number of nitrogens with one attached hydrogen (secondary N) is 1. The number of hydrogen-bond donors (Lipinski definition) is 1. The number of benzene rings is 2. The van der Waals surface area contributed by atoms with Crippen molar-refractivity contribution >= 4 is 33.5 Å². The average molecular weight is 487 g/mol. The summed E-state index contributed by atoms with van der Waals surface area (Å²) < 4.78 is 13.8. The van der Waals surface area contributed by atoms with E-state index < -0.39 is 5.97 Å². The van der Waals surface area contributed by atoms with Crippen molar-refractivity contribution in [2.24, 2.45) is 7.05 Å². The molecule has 0 atom stereocenters. The molecule has 0 aliphatic heterocycles. The van der Waals surface area contributed by atoms with Crippen LogP contribution in [-0.2, 0) is 18.3 Å². The molecule has 0 saturated heterocycles. The number of hydrogen-bond acceptors (Lipinski definition) is 8. The van der Waals surface area contributed by atoms with Crippen molar-refractivity contribution in [3.05, 3.63) is 70.5 Å². The number of carbonyl (C=O) groups excluding carboxylic acids is 1. The molecule has 3 heterocycles. The van der Waals surface area contributed by atoms with Gasteiger partial charge in [-0.3, -0.25) is 9.48 Å². The van der Waals surface area contributed by atoms with E-state index in [9.17, 15) is 9.59 Å². The van der Waals surface area contributed by atoms with Crippen LogP contribution in [0.15, 0.2) is 58.0 Å². The van der Waals surface area contributed by atoms with Gasteiger partial charge in [-0.2, -0.15) is 4.98 Å². The predicted octanol–water partition coefficient (Wildman–Crippen LogP) is 3.92. The predicted molar refractivity (Wildman–Crippen MR) is 136 cm³/mol. The van der Waals surface area contributed by atoms with Crippen molar-refractivity contribution < 1.29 is 14.1 Å². The van der Waals surface area contributed by atoms with E-state index in [1.165, 1.54) is 0 Å². The molecule has 10 nitrogen and oxygen atoms in total. The third kappa shape index (κ3) is 4.33. The summed E-state index contributed by atoms with van der Waals surface area (Å²) in [5.41, 5.74) is 1.75. The van der Waals surface area contributed by atoms with Crippen molar-refractivity contribution in [1.82, 2.24) is 24.5 Å². The summed E-state index contributed by atoms with van der Waals surface area (Å²) in [6.07, 6.45) is 1.51. The van der Waals surface area contributed by atoms with Crippen LogP contribution in [-0.4, -0.2) is 43.1 Å². The number of carbonyl (C=O) groups is 1. The second-order valence-corrected chi connectivity index (χ2v) is 8.80. The SMILES string of the molecule is Cc1nc(-c2ccc3ccnc(NCCn4c(=O)c5cc(C(=O)OC(C)C)ccc5n4C)c3c2)no1. The van der Waals surface area contributed by atoms with Gasteiger partial charge >= 0.3 is 5.97 Å². The number of nitrogens with zero attached hydrogens (tertiary/aromatic N) is 5. The molecule has 3 aromatic heterocycles. The van der Waals surface area contributed by atoms with E-state index in [1.54, 1.807) is 54.5 Å². The molecule has 0 bridgehead atoms. The standard InChI is InChI=1S/C26H26N6O4/c1-15(2)35-26(34)19-7-8-22-21(14-19)25(33)32(31(22)4)12-11-28-24-20-13-18(23-29-16(3)36-30-23)6-5-17(20)9-10-27-24/h5-10,13-15H,11-12H2,1-4H3,(H,27,28). The van der Waals surface area contributed by atoms with Gasteiger partial charge in [0.15, 0.2) is 0 Å². The van der Waals surface area contributed by atoms with Crippen LogP contribution < -0.4 is 10.9 Å². The smallest absolute Gasteiger partial charge is 0.338 e. The summed E-state index contributed by atoms with van der Waals surface area (Å²) in [5.74, 6) is 1.27. The van der Waals surface area contributed by atoms with Gasteiger partial charge in [-0.1, -0.05) is 17.3 Å². The van der Waals surface area contributed by atoms with Crippen LogP contribution in [0.5, 0.6) is 0 Å². The monoisotopic (exact) mass is 486 g/mol. The fourth-order valence-electron chi connectivity index (χ4n) is 4.20. The van der Waals surface area contributed by atoms with E-state index in [1.807, 2.05) is 31.3 Å². The van der Waals surface area contributed by atoms with Crippen LogP contribution in [0.2, 0.25) is 0 Å². The molecule has 5 rings (SSSR count). The van der Waals surface area contributed by atoms with Gasteiger partial charge in [0.1, 0.15) is 5.82 Å². The zero-order chi connectivity index (χ0) is 25.4. The Morgan fingerprint density at radius 2 is 1.97 bits per heavy atom. The van der Waals surface area contributed by atoms with Crippen molar-refractivity contribution in [2.75, 3.05) is 11.9 Å². The lowest BCUT2D eigenvalue weighted by Crippen LogP contribution is -2.25. The summed E-state index contributed by atoms with van der Waals surface area (Å²) in [5, 5.41) is 9.74. The number of rotatable bonds is 7. The minimum atomic E-state index is -0.444. The first-order valence-electron chi connectivity index (χ1n) is 11.7. The van der Waals surface area contributed by atoms with Gasteiger partial charge in [-0.05, 0) is 49.6 Å². The molecule has 0 unspecified atom stereocenters. The Bertz CT molecular complexity index is 1650. The molecular formula is C26H26N6O4. The molecular weight excluding hydrogens is 460 g/mol. The Morgan fingerprint density at radius 1 is 1.14 bits per heavy atom. The Morgan fingerprint density at radius 3 is 2.72 bits per heavy atom. The quantitative estimate of drug-likeness (QED) is 0.344. The van der Waals surface area contributed by atoms with Crippen molar-refractivity contribution in [3.63, 3.8) is 0 Å². The van der Waals surface area contributed by atoms with Gasteiger partial charge in [-0.15, -0.1) is 0 Å². The van der Waals surface area contributed by atoms with Gasteiger partial charge < -0.3 is 14.6 Å². The number of anilines is 1. The Balaban J connectivity index is 1.38. The van der Waals surface area contributed by atoms with Crippen molar-refractivity contribution in [1.29, 1.82) is 0 Å². The molecule has 0 amide bonds. The number of esters is 1. The molecule has 0 radical (unpaired) electrons. The molecule has 1 N–H and O–H groups in total. The number of ether oxygens (including phenoxy) is 1. The lowest BCUT2D eigenvalue weighted by Gasteiger charge is -2.11. The molecule has 0 spiro atoms. The summed E-state index contributed by atoms with van der Waals surface area (Å²) >= 11 is 0. The van der Waals surface area contributed by atoms with Crippen molar-refractivity contribution in [3.8, 4) is 11.4 Å². The molecule has 5 aromatic rings. The minimum Gasteiger partial charge on any atom is -0.459 e. The lowest BCUT2D eigenvalue weighted by molar-refractivity contribution is 0.0378. The molecule has 0 aliphatic carbocycles. The van der Waals surface area contributed by atoms with Crippen molar-refractivity contribution in [2.45, 2.75) is 33.4 Å². The van der Waals surface area contributed by atoms with E-state index in [2.05, 4.69) is 20.4 Å². The van der Waals surface area contributed by atoms with Crippen LogP contribution in [0.4, 0.5) is 5.82 Å². The molecule has 0 aliphatic rings. The van der Waals surface area contributed by atoms with Gasteiger partial charge in [0.2, 0.25) is 11.7 Å².